The van der Waals surface area contributed by atoms with Crippen LogP contribution in [0.4, 0.5) is 10.1 Å². The molecule has 0 heterocycles. The Kier molecular flexibility index (Phi) is 11.6. The third-order valence-corrected chi connectivity index (χ3v) is 8.62. The Hall–Kier alpha value is -3.83. The highest BCUT2D eigenvalue weighted by atomic mass is 35.5. The molecule has 1 N–H and O–H groups in total. The topological polar surface area (TPSA) is 105 Å². The molecule has 3 aromatic carbocycles. The fourth-order valence-corrected chi connectivity index (χ4v) is 5.70. The van der Waals surface area contributed by atoms with E-state index in [4.69, 9.17) is 21.1 Å². The quantitative estimate of drug-likeness (QED) is 0.254. The summed E-state index contributed by atoms with van der Waals surface area (Å²) < 4.78 is 53.1. The largest absolute Gasteiger partial charge is 0.493 e. The second-order valence-electron chi connectivity index (χ2n) is 9.47. The van der Waals surface area contributed by atoms with Gasteiger partial charge in [0.2, 0.25) is 11.8 Å². The number of carbonyl (C=O) groups excluding carboxylic acids is 2. The molecule has 42 heavy (non-hydrogen) atoms. The summed E-state index contributed by atoms with van der Waals surface area (Å²) >= 11 is 6.06. The number of nitrogens with zero attached hydrogens (tertiary/aromatic N) is 2. The number of benzene rings is 3. The average molecular weight is 620 g/mol. The zero-order chi connectivity index (χ0) is 30.9. The molecule has 226 valence electrons. The lowest BCUT2D eigenvalue weighted by Gasteiger charge is -2.32. The molecule has 0 radical (unpaired) electrons. The molecular formula is C30H35ClFN3O6S. The Morgan fingerprint density at radius 1 is 0.976 bits per heavy atom. The number of hydrogen-bond acceptors (Lipinski definition) is 6. The standard InChI is InChI=1S/C30H35ClFN3O6S/c1-5-6-17-33-30(37)21(2)34(19-22-7-11-24(32)12-8-22)29(36)20-35(25-13-9-23(31)10-14-25)42(38,39)26-15-16-27(40-3)28(18-26)41-4/h7-16,18,21H,5-6,17,19-20H2,1-4H3,(H,33,37)/t21-/m0/s1. The summed E-state index contributed by atoms with van der Waals surface area (Å²) in [4.78, 5) is 28.1. The number of halogens is 2. The van der Waals surface area contributed by atoms with E-state index in [1.54, 1.807) is 6.92 Å². The maximum atomic E-state index is 14.0. The van der Waals surface area contributed by atoms with Crippen LogP contribution in [0.5, 0.6) is 11.5 Å². The highest BCUT2D eigenvalue weighted by Gasteiger charge is 2.33. The van der Waals surface area contributed by atoms with Crippen LogP contribution >= 0.6 is 11.6 Å². The lowest BCUT2D eigenvalue weighted by Crippen LogP contribution is -2.51. The van der Waals surface area contributed by atoms with Crippen LogP contribution in [-0.4, -0.2) is 58.5 Å². The van der Waals surface area contributed by atoms with Crippen molar-refractivity contribution < 1.29 is 31.9 Å². The van der Waals surface area contributed by atoms with Crippen LogP contribution in [0.3, 0.4) is 0 Å². The zero-order valence-corrected chi connectivity index (χ0v) is 25.5. The normalized spacial score (nSPS) is 11.9. The lowest BCUT2D eigenvalue weighted by atomic mass is 10.1. The molecule has 3 aromatic rings. The molecule has 0 saturated carbocycles. The number of hydrogen-bond donors (Lipinski definition) is 1. The van der Waals surface area contributed by atoms with Gasteiger partial charge in [0.1, 0.15) is 18.4 Å². The van der Waals surface area contributed by atoms with Gasteiger partial charge in [0.15, 0.2) is 11.5 Å². The number of carbonyl (C=O) groups is 2. The predicted molar refractivity (Wildman–Crippen MR) is 160 cm³/mol. The van der Waals surface area contributed by atoms with E-state index in [9.17, 15) is 22.4 Å². The van der Waals surface area contributed by atoms with Gasteiger partial charge < -0.3 is 19.7 Å². The van der Waals surface area contributed by atoms with Gasteiger partial charge in [-0.1, -0.05) is 37.1 Å². The van der Waals surface area contributed by atoms with E-state index in [1.165, 1.54) is 85.8 Å². The van der Waals surface area contributed by atoms with Crippen molar-refractivity contribution in [3.63, 3.8) is 0 Å². The van der Waals surface area contributed by atoms with Crippen molar-refractivity contribution >= 4 is 39.1 Å². The average Bonchev–Trinajstić information content (AvgIpc) is 2.99. The molecule has 0 aliphatic carbocycles. The maximum Gasteiger partial charge on any atom is 0.264 e. The van der Waals surface area contributed by atoms with E-state index in [0.717, 1.165) is 17.1 Å². The van der Waals surface area contributed by atoms with Gasteiger partial charge in [-0.25, -0.2) is 12.8 Å². The van der Waals surface area contributed by atoms with Crippen LogP contribution in [0.2, 0.25) is 5.02 Å². The van der Waals surface area contributed by atoms with E-state index < -0.39 is 34.3 Å². The number of methoxy groups -OCH3 is 2. The Bertz CT molecular complexity index is 1470. The number of unbranched alkanes of at least 4 members (excludes halogenated alkanes) is 1. The minimum atomic E-state index is -4.34. The maximum absolute atomic E-state index is 14.0. The molecule has 0 aliphatic heterocycles. The van der Waals surface area contributed by atoms with E-state index in [0.29, 0.717) is 22.9 Å². The van der Waals surface area contributed by atoms with Crippen LogP contribution in [0.1, 0.15) is 32.3 Å². The highest BCUT2D eigenvalue weighted by molar-refractivity contribution is 7.92. The van der Waals surface area contributed by atoms with Crippen LogP contribution in [0, 0.1) is 5.82 Å². The second kappa shape index (κ2) is 14.9. The molecule has 0 fully saturated rings. The van der Waals surface area contributed by atoms with Crippen LogP contribution < -0.4 is 19.1 Å². The minimum absolute atomic E-state index is 0.0493. The molecule has 0 bridgehead atoms. The molecule has 0 aliphatic rings. The number of sulfonamides is 1. The fourth-order valence-electron chi connectivity index (χ4n) is 4.15. The van der Waals surface area contributed by atoms with Crippen LogP contribution in [0.15, 0.2) is 71.6 Å². The van der Waals surface area contributed by atoms with Gasteiger partial charge >= 0.3 is 0 Å². The molecule has 0 saturated heterocycles. The predicted octanol–water partition coefficient (Wildman–Crippen LogP) is 5.03. The third-order valence-electron chi connectivity index (χ3n) is 6.60. The highest BCUT2D eigenvalue weighted by Crippen LogP contribution is 2.32. The first-order chi connectivity index (χ1) is 20.0. The minimum Gasteiger partial charge on any atom is -0.493 e. The molecule has 3 rings (SSSR count). The summed E-state index contributed by atoms with van der Waals surface area (Å²) in [6.45, 7) is 3.31. The Morgan fingerprint density at radius 2 is 1.62 bits per heavy atom. The van der Waals surface area contributed by atoms with Gasteiger partial charge in [0, 0.05) is 24.2 Å². The summed E-state index contributed by atoms with van der Waals surface area (Å²) in [5.41, 5.74) is 0.753. The Morgan fingerprint density at radius 3 is 2.21 bits per heavy atom. The van der Waals surface area contributed by atoms with E-state index in [2.05, 4.69) is 5.32 Å². The van der Waals surface area contributed by atoms with E-state index >= 15 is 0 Å². The molecular weight excluding hydrogens is 585 g/mol. The fraction of sp³-hybridized carbons (Fsp3) is 0.333. The molecule has 12 heteroatoms. The van der Waals surface area contributed by atoms with Gasteiger partial charge in [-0.2, -0.15) is 0 Å². The molecule has 2 amide bonds. The number of amides is 2. The molecule has 1 atom stereocenters. The summed E-state index contributed by atoms with van der Waals surface area (Å²) in [5, 5.41) is 3.20. The van der Waals surface area contributed by atoms with Crippen molar-refractivity contribution in [2.75, 3.05) is 31.6 Å². The number of anilines is 1. The Labute approximate surface area is 251 Å². The SMILES string of the molecule is CCCCNC(=O)[C@H](C)N(Cc1ccc(F)cc1)C(=O)CN(c1ccc(Cl)cc1)S(=O)(=O)c1ccc(OC)c(OC)c1. The number of ether oxygens (including phenoxy) is 2. The van der Waals surface area contributed by atoms with E-state index in [-0.39, 0.29) is 28.8 Å². The van der Waals surface area contributed by atoms with Crippen LogP contribution in [-0.2, 0) is 26.2 Å². The van der Waals surface area contributed by atoms with Crippen molar-refractivity contribution in [1.29, 1.82) is 0 Å². The molecule has 0 spiro atoms. The Balaban J connectivity index is 2.03. The van der Waals surface area contributed by atoms with Crippen molar-refractivity contribution in [2.24, 2.45) is 0 Å². The van der Waals surface area contributed by atoms with Gasteiger partial charge in [0.05, 0.1) is 24.8 Å². The molecule has 9 nitrogen and oxygen atoms in total. The molecule has 0 unspecified atom stereocenters. The summed E-state index contributed by atoms with van der Waals surface area (Å²) in [6, 6.07) is 14.7. The zero-order valence-electron chi connectivity index (χ0n) is 24.0. The monoisotopic (exact) mass is 619 g/mol. The van der Waals surface area contributed by atoms with Gasteiger partial charge in [-0.05, 0) is 67.4 Å². The summed E-state index contributed by atoms with van der Waals surface area (Å²) in [5.74, 6) is -0.955. The second-order valence-corrected chi connectivity index (χ2v) is 11.8. The van der Waals surface area contributed by atoms with Gasteiger partial charge in [-0.15, -0.1) is 0 Å². The smallest absolute Gasteiger partial charge is 0.264 e. The van der Waals surface area contributed by atoms with Crippen LogP contribution in [0.25, 0.3) is 0 Å². The number of rotatable bonds is 14. The van der Waals surface area contributed by atoms with Gasteiger partial charge in [0.25, 0.3) is 10.0 Å². The van der Waals surface area contributed by atoms with E-state index in [1.807, 2.05) is 6.92 Å². The summed E-state index contributed by atoms with van der Waals surface area (Å²) in [7, 11) is -1.52. The third kappa shape index (κ3) is 8.13. The van der Waals surface area contributed by atoms with Crippen molar-refractivity contribution in [3.05, 3.63) is 83.1 Å². The molecule has 0 aromatic heterocycles. The lowest BCUT2D eigenvalue weighted by molar-refractivity contribution is -0.139. The van der Waals surface area contributed by atoms with Gasteiger partial charge in [-0.3, -0.25) is 13.9 Å². The number of nitrogens with one attached hydrogen (secondary N) is 1. The first-order valence-corrected chi connectivity index (χ1v) is 15.2. The van der Waals surface area contributed by atoms with Crippen molar-refractivity contribution in [2.45, 2.75) is 44.2 Å². The van der Waals surface area contributed by atoms with Crippen molar-refractivity contribution in [3.8, 4) is 11.5 Å². The summed E-state index contributed by atoms with van der Waals surface area (Å²) in [6.07, 6.45) is 1.63. The first kappa shape index (κ1) is 32.7. The first-order valence-electron chi connectivity index (χ1n) is 13.3. The van der Waals surface area contributed by atoms with Crippen molar-refractivity contribution in [1.82, 2.24) is 10.2 Å².